The maximum Gasteiger partial charge on any atom is 0.342 e. The number of benzene rings is 3. The summed E-state index contributed by atoms with van der Waals surface area (Å²) in [5, 5.41) is 14.0. The van der Waals surface area contributed by atoms with Crippen molar-refractivity contribution >= 4 is 34.4 Å². The Balaban J connectivity index is 1.86. The fraction of sp³-hybridized carbons (Fsp3) is 0.250. The minimum Gasteiger partial charge on any atom is -0.507 e. The zero-order valence-corrected chi connectivity index (χ0v) is 22.0. The van der Waals surface area contributed by atoms with E-state index in [-0.39, 0.29) is 18.4 Å². The molecule has 1 atom stereocenters. The minimum absolute atomic E-state index is 0.127. The summed E-state index contributed by atoms with van der Waals surface area (Å²) in [6.45, 7) is 10.8. The Morgan fingerprint density at radius 2 is 1.89 bits per heavy atom. The second-order valence-corrected chi connectivity index (χ2v) is 9.44. The van der Waals surface area contributed by atoms with Crippen molar-refractivity contribution < 1.29 is 19.1 Å². The predicted octanol–water partition coefficient (Wildman–Crippen LogP) is 7.04. The van der Waals surface area contributed by atoms with Crippen LogP contribution in [0.1, 0.15) is 52.7 Å². The second-order valence-electron chi connectivity index (χ2n) is 9.44. The maximum atomic E-state index is 13.3. The summed E-state index contributed by atoms with van der Waals surface area (Å²) >= 11 is 0. The van der Waals surface area contributed by atoms with Crippen molar-refractivity contribution in [3.05, 3.63) is 100 Å². The van der Waals surface area contributed by atoms with Gasteiger partial charge in [-0.1, -0.05) is 54.6 Å². The lowest BCUT2D eigenvalue weighted by atomic mass is 9.87. The van der Waals surface area contributed by atoms with Crippen molar-refractivity contribution in [2.75, 3.05) is 13.2 Å². The quantitative estimate of drug-likeness (QED) is 0.165. The van der Waals surface area contributed by atoms with Gasteiger partial charge in [-0.2, -0.15) is 0 Å². The van der Waals surface area contributed by atoms with Crippen LogP contribution in [0, 0.1) is 6.92 Å². The first-order chi connectivity index (χ1) is 18.5. The number of phenolic OH excluding ortho intramolecular Hbond substituents is 1. The van der Waals surface area contributed by atoms with Crippen LogP contribution in [0.5, 0.6) is 5.75 Å². The van der Waals surface area contributed by atoms with Crippen LogP contribution in [-0.2, 0) is 17.7 Å². The first-order valence-electron chi connectivity index (χ1n) is 12.9. The van der Waals surface area contributed by atoms with Gasteiger partial charge >= 0.3 is 5.97 Å². The molecule has 1 aliphatic rings. The van der Waals surface area contributed by atoms with Gasteiger partial charge in [-0.3, -0.25) is 9.89 Å². The monoisotopic (exact) mass is 508 g/mol. The van der Waals surface area contributed by atoms with Gasteiger partial charge in [0.25, 0.3) is 0 Å². The van der Waals surface area contributed by atoms with Crippen LogP contribution in [0.4, 0.5) is 0 Å². The number of fused-ring (bicyclic) bond motifs is 4. The Bertz CT molecular complexity index is 1590. The molecule has 5 rings (SSSR count). The van der Waals surface area contributed by atoms with Crippen LogP contribution in [0.15, 0.2) is 81.9 Å². The fourth-order valence-electron chi connectivity index (χ4n) is 5.64. The number of allylic oxidation sites excluding steroid dienone is 1. The van der Waals surface area contributed by atoms with E-state index in [2.05, 4.69) is 40.9 Å². The molecule has 0 amide bonds. The lowest BCUT2D eigenvalue weighted by Crippen LogP contribution is -2.35. The van der Waals surface area contributed by atoms with Crippen molar-refractivity contribution in [3.63, 3.8) is 0 Å². The van der Waals surface area contributed by atoms with Gasteiger partial charge in [0.15, 0.2) is 0 Å². The molecule has 4 aromatic rings. The van der Waals surface area contributed by atoms with E-state index in [0.29, 0.717) is 39.8 Å². The molecule has 0 bridgehead atoms. The molecule has 0 radical (unpaired) electrons. The molecule has 0 fully saturated rings. The Morgan fingerprint density at radius 3 is 2.61 bits per heavy atom. The van der Waals surface area contributed by atoms with Gasteiger partial charge in [0.05, 0.1) is 12.6 Å². The Hall–Kier alpha value is -4.16. The molecule has 1 aromatic heterocycles. The molecule has 194 valence electrons. The number of aromatic hydroxyl groups is 1. The van der Waals surface area contributed by atoms with E-state index in [9.17, 15) is 9.90 Å². The van der Waals surface area contributed by atoms with Crippen LogP contribution < -0.4 is 0 Å². The standard InChI is InChI=1S/C32H32N2O4/c1-5-21(15-17-33-4)29(34-18-16-22-11-7-8-12-23(22)19-34)28-27-26(32(36)37-6-2)20(3)38-31(27)25-14-10-9-13-24(25)30(28)35/h5,7-15,17,29,35H,4,6,16,18-19H2,1-3H3/b17-15-,21-5+. The van der Waals surface area contributed by atoms with E-state index in [0.717, 1.165) is 23.9 Å². The highest BCUT2D eigenvalue weighted by Crippen LogP contribution is 2.48. The third-order valence-corrected chi connectivity index (χ3v) is 7.34. The number of furan rings is 1. The van der Waals surface area contributed by atoms with Gasteiger partial charge in [-0.05, 0) is 56.7 Å². The summed E-state index contributed by atoms with van der Waals surface area (Å²) in [5.74, 6) is 0.124. The molecule has 0 spiro atoms. The zero-order chi connectivity index (χ0) is 26.8. The van der Waals surface area contributed by atoms with E-state index < -0.39 is 5.97 Å². The van der Waals surface area contributed by atoms with E-state index in [4.69, 9.17) is 9.15 Å². The maximum absolute atomic E-state index is 13.3. The van der Waals surface area contributed by atoms with Crippen LogP contribution >= 0.6 is 0 Å². The van der Waals surface area contributed by atoms with Crippen molar-refractivity contribution in [1.29, 1.82) is 0 Å². The molecule has 0 saturated carbocycles. The number of hydrogen-bond donors (Lipinski definition) is 1. The molecule has 6 nitrogen and oxygen atoms in total. The molecule has 1 unspecified atom stereocenters. The van der Waals surface area contributed by atoms with Crippen molar-refractivity contribution in [2.24, 2.45) is 4.99 Å². The van der Waals surface area contributed by atoms with E-state index >= 15 is 0 Å². The third-order valence-electron chi connectivity index (χ3n) is 7.34. The van der Waals surface area contributed by atoms with Gasteiger partial charge in [0.2, 0.25) is 0 Å². The number of carbonyl (C=O) groups excluding carboxylic acids is 1. The largest absolute Gasteiger partial charge is 0.507 e. The summed E-state index contributed by atoms with van der Waals surface area (Å²) in [6.07, 6.45) is 6.46. The number of ether oxygens (including phenoxy) is 1. The zero-order valence-electron chi connectivity index (χ0n) is 22.0. The summed E-state index contributed by atoms with van der Waals surface area (Å²) < 4.78 is 11.7. The summed E-state index contributed by atoms with van der Waals surface area (Å²) in [6, 6.07) is 15.6. The number of aliphatic imine (C=N–C) groups is 1. The van der Waals surface area contributed by atoms with E-state index in [1.165, 1.54) is 11.1 Å². The molecule has 6 heteroatoms. The highest BCUT2D eigenvalue weighted by molar-refractivity contribution is 6.16. The van der Waals surface area contributed by atoms with Crippen molar-refractivity contribution in [2.45, 2.75) is 39.8 Å². The minimum atomic E-state index is -0.465. The van der Waals surface area contributed by atoms with Gasteiger partial charge in [0, 0.05) is 41.0 Å². The summed E-state index contributed by atoms with van der Waals surface area (Å²) in [7, 11) is 0. The number of phenols is 1. The topological polar surface area (TPSA) is 75.3 Å². The Morgan fingerprint density at radius 1 is 1.18 bits per heavy atom. The molecular formula is C32H32N2O4. The molecule has 0 saturated heterocycles. The van der Waals surface area contributed by atoms with Crippen molar-refractivity contribution in [3.8, 4) is 5.75 Å². The van der Waals surface area contributed by atoms with Crippen LogP contribution in [0.25, 0.3) is 21.7 Å². The first-order valence-corrected chi connectivity index (χ1v) is 12.9. The Kier molecular flexibility index (Phi) is 7.16. The third kappa shape index (κ3) is 4.31. The van der Waals surface area contributed by atoms with Gasteiger partial charge < -0.3 is 14.3 Å². The smallest absolute Gasteiger partial charge is 0.342 e. The van der Waals surface area contributed by atoms with Crippen LogP contribution in [0.2, 0.25) is 0 Å². The van der Waals surface area contributed by atoms with Crippen LogP contribution in [0.3, 0.4) is 0 Å². The number of carbonyl (C=O) groups is 1. The number of aryl methyl sites for hydroxylation is 1. The normalized spacial score (nSPS) is 15.2. The molecule has 1 aliphatic heterocycles. The summed E-state index contributed by atoms with van der Waals surface area (Å²) in [5.41, 5.74) is 5.04. The first kappa shape index (κ1) is 25.5. The Labute approximate surface area is 222 Å². The highest BCUT2D eigenvalue weighted by Gasteiger charge is 2.35. The average molecular weight is 509 g/mol. The van der Waals surface area contributed by atoms with Crippen LogP contribution in [-0.4, -0.2) is 35.8 Å². The van der Waals surface area contributed by atoms with Gasteiger partial charge in [0.1, 0.15) is 22.7 Å². The molecule has 2 heterocycles. The predicted molar refractivity (Wildman–Crippen MR) is 152 cm³/mol. The number of rotatable bonds is 7. The van der Waals surface area contributed by atoms with Gasteiger partial charge in [-0.25, -0.2) is 4.79 Å². The fourth-order valence-corrected chi connectivity index (χ4v) is 5.64. The molecule has 1 N–H and O–H groups in total. The molecule has 3 aromatic carbocycles. The second kappa shape index (κ2) is 10.7. The molecule has 0 aliphatic carbocycles. The highest BCUT2D eigenvalue weighted by atomic mass is 16.5. The summed E-state index contributed by atoms with van der Waals surface area (Å²) in [4.78, 5) is 19.6. The molecule has 38 heavy (non-hydrogen) atoms. The number of hydrogen-bond acceptors (Lipinski definition) is 6. The lowest BCUT2D eigenvalue weighted by molar-refractivity contribution is 0.0526. The lowest BCUT2D eigenvalue weighted by Gasteiger charge is -2.37. The van der Waals surface area contributed by atoms with Gasteiger partial charge in [-0.15, -0.1) is 0 Å². The molecular weight excluding hydrogens is 476 g/mol. The van der Waals surface area contributed by atoms with Crippen molar-refractivity contribution in [1.82, 2.24) is 4.90 Å². The van der Waals surface area contributed by atoms with E-state index in [1.54, 1.807) is 20.0 Å². The average Bonchev–Trinajstić information content (AvgIpc) is 3.29. The number of esters is 1. The van der Waals surface area contributed by atoms with E-state index in [1.807, 2.05) is 43.3 Å². The number of nitrogens with zero attached hydrogens (tertiary/aromatic N) is 2. The SMILES string of the molecule is C=N/C=C\C(=C/C)C(c1c(O)c2ccccc2c2oc(C)c(C(=O)OCC)c12)N1CCc2ccccc2C1.